The van der Waals surface area contributed by atoms with Gasteiger partial charge in [0, 0.05) is 12.1 Å². The largest absolute Gasteiger partial charge is 0.496 e. The number of methoxy groups -OCH3 is 1. The topological polar surface area (TPSA) is 47.3 Å². The van der Waals surface area contributed by atoms with Gasteiger partial charge in [-0.05, 0) is 59.4 Å². The molecule has 0 unspecified atom stereocenters. The standard InChI is InChI=1S/C13H19BrN2O/c1-17-12-3-2-10(8-11(12)14)4-7-16-9-13(15)5-6-13/h2-3,8,16H,4-7,9,15H2,1H3. The van der Waals surface area contributed by atoms with Crippen LogP contribution in [0.4, 0.5) is 0 Å². The van der Waals surface area contributed by atoms with Crippen LogP contribution in [0.25, 0.3) is 0 Å². The number of nitrogens with two attached hydrogens (primary N) is 1. The highest BCUT2D eigenvalue weighted by atomic mass is 79.9. The first kappa shape index (κ1) is 12.9. The monoisotopic (exact) mass is 298 g/mol. The lowest BCUT2D eigenvalue weighted by molar-refractivity contribution is 0.412. The minimum atomic E-state index is 0.0977. The molecule has 1 aliphatic rings. The van der Waals surface area contributed by atoms with E-state index in [0.717, 1.165) is 42.6 Å². The number of benzene rings is 1. The van der Waals surface area contributed by atoms with Crippen LogP contribution in [0.1, 0.15) is 18.4 Å². The van der Waals surface area contributed by atoms with E-state index in [1.807, 2.05) is 6.07 Å². The van der Waals surface area contributed by atoms with E-state index >= 15 is 0 Å². The normalized spacial score (nSPS) is 16.9. The van der Waals surface area contributed by atoms with Crippen molar-refractivity contribution in [1.82, 2.24) is 5.32 Å². The van der Waals surface area contributed by atoms with Crippen LogP contribution < -0.4 is 15.8 Å². The maximum atomic E-state index is 6.00. The van der Waals surface area contributed by atoms with Gasteiger partial charge in [-0.3, -0.25) is 0 Å². The Morgan fingerprint density at radius 2 is 2.24 bits per heavy atom. The third kappa shape index (κ3) is 3.69. The number of rotatable bonds is 6. The van der Waals surface area contributed by atoms with Crippen molar-refractivity contribution in [2.45, 2.75) is 24.8 Å². The summed E-state index contributed by atoms with van der Waals surface area (Å²) in [6.07, 6.45) is 3.33. The molecule has 0 aromatic heterocycles. The van der Waals surface area contributed by atoms with E-state index in [9.17, 15) is 0 Å². The fourth-order valence-electron chi connectivity index (χ4n) is 1.77. The summed E-state index contributed by atoms with van der Waals surface area (Å²) in [5.74, 6) is 0.876. The van der Waals surface area contributed by atoms with Crippen LogP contribution in [-0.2, 0) is 6.42 Å². The van der Waals surface area contributed by atoms with Crippen molar-refractivity contribution in [3.8, 4) is 5.75 Å². The first-order valence-corrected chi connectivity index (χ1v) is 6.74. The molecule has 0 spiro atoms. The number of hydrogen-bond acceptors (Lipinski definition) is 3. The van der Waals surface area contributed by atoms with Crippen LogP contribution in [0.15, 0.2) is 22.7 Å². The summed E-state index contributed by atoms with van der Waals surface area (Å²) < 4.78 is 6.21. The van der Waals surface area contributed by atoms with Gasteiger partial charge in [-0.25, -0.2) is 0 Å². The predicted octanol–water partition coefficient (Wildman–Crippen LogP) is 2.08. The van der Waals surface area contributed by atoms with Crippen molar-refractivity contribution in [2.24, 2.45) is 5.73 Å². The third-order valence-electron chi connectivity index (χ3n) is 3.18. The van der Waals surface area contributed by atoms with Gasteiger partial charge in [-0.1, -0.05) is 6.07 Å². The Labute approximate surface area is 111 Å². The SMILES string of the molecule is COc1ccc(CCNCC2(N)CC2)cc1Br. The molecule has 1 saturated carbocycles. The molecule has 94 valence electrons. The predicted molar refractivity (Wildman–Crippen MR) is 73.4 cm³/mol. The number of nitrogens with one attached hydrogen (secondary N) is 1. The van der Waals surface area contributed by atoms with E-state index < -0.39 is 0 Å². The Kier molecular flexibility index (Phi) is 4.07. The summed E-state index contributed by atoms with van der Waals surface area (Å²) >= 11 is 3.49. The second-order valence-corrected chi connectivity index (χ2v) is 5.61. The Morgan fingerprint density at radius 1 is 1.47 bits per heavy atom. The molecule has 3 N–H and O–H groups in total. The summed E-state index contributed by atoms with van der Waals surface area (Å²) in [7, 11) is 1.68. The molecule has 0 bridgehead atoms. The molecule has 4 heteroatoms. The van der Waals surface area contributed by atoms with Crippen LogP contribution in [0.2, 0.25) is 0 Å². The van der Waals surface area contributed by atoms with Gasteiger partial charge in [0.25, 0.3) is 0 Å². The number of ether oxygens (including phenoxy) is 1. The molecule has 0 atom stereocenters. The third-order valence-corrected chi connectivity index (χ3v) is 3.80. The molecule has 0 radical (unpaired) electrons. The molecular weight excluding hydrogens is 280 g/mol. The van der Waals surface area contributed by atoms with Gasteiger partial charge < -0.3 is 15.8 Å². The molecule has 1 aromatic carbocycles. The Morgan fingerprint density at radius 3 is 2.82 bits per heavy atom. The molecule has 2 rings (SSSR count). The molecule has 0 amide bonds. The first-order valence-electron chi connectivity index (χ1n) is 5.95. The average Bonchev–Trinajstić information content (AvgIpc) is 3.04. The minimum Gasteiger partial charge on any atom is -0.496 e. The summed E-state index contributed by atoms with van der Waals surface area (Å²) in [6, 6.07) is 6.20. The van der Waals surface area contributed by atoms with Crippen molar-refractivity contribution in [3.05, 3.63) is 28.2 Å². The molecule has 3 nitrogen and oxygen atoms in total. The molecule has 0 aliphatic heterocycles. The molecule has 0 heterocycles. The van der Waals surface area contributed by atoms with Crippen molar-refractivity contribution in [2.75, 3.05) is 20.2 Å². The summed E-state index contributed by atoms with van der Waals surface area (Å²) in [5, 5.41) is 3.41. The van der Waals surface area contributed by atoms with E-state index in [2.05, 4.69) is 33.4 Å². The summed E-state index contributed by atoms with van der Waals surface area (Å²) in [4.78, 5) is 0. The Bertz CT molecular complexity index is 391. The number of halogens is 1. The van der Waals surface area contributed by atoms with Gasteiger partial charge in [0.2, 0.25) is 0 Å². The van der Waals surface area contributed by atoms with Crippen LogP contribution >= 0.6 is 15.9 Å². The quantitative estimate of drug-likeness (QED) is 0.791. The molecule has 1 fully saturated rings. The van der Waals surface area contributed by atoms with Gasteiger partial charge >= 0.3 is 0 Å². The van der Waals surface area contributed by atoms with Gasteiger partial charge in [-0.15, -0.1) is 0 Å². The van der Waals surface area contributed by atoms with E-state index in [4.69, 9.17) is 10.5 Å². The smallest absolute Gasteiger partial charge is 0.133 e. The van der Waals surface area contributed by atoms with Crippen molar-refractivity contribution >= 4 is 15.9 Å². The lowest BCUT2D eigenvalue weighted by Crippen LogP contribution is -2.36. The van der Waals surface area contributed by atoms with Gasteiger partial charge in [0.1, 0.15) is 5.75 Å². The zero-order chi connectivity index (χ0) is 12.3. The fraction of sp³-hybridized carbons (Fsp3) is 0.538. The first-order chi connectivity index (χ1) is 8.13. The molecule has 1 aliphatic carbocycles. The van der Waals surface area contributed by atoms with Gasteiger partial charge in [0.05, 0.1) is 11.6 Å². The zero-order valence-corrected chi connectivity index (χ0v) is 11.7. The Balaban J connectivity index is 1.76. The maximum absolute atomic E-state index is 6.00. The highest BCUT2D eigenvalue weighted by Crippen LogP contribution is 2.31. The van der Waals surface area contributed by atoms with Crippen molar-refractivity contribution in [1.29, 1.82) is 0 Å². The summed E-state index contributed by atoms with van der Waals surface area (Å²) in [6.45, 7) is 1.90. The molecule has 1 aromatic rings. The van der Waals surface area contributed by atoms with Crippen LogP contribution in [0.5, 0.6) is 5.75 Å². The van der Waals surface area contributed by atoms with E-state index in [1.54, 1.807) is 7.11 Å². The second-order valence-electron chi connectivity index (χ2n) is 4.76. The van der Waals surface area contributed by atoms with Crippen molar-refractivity contribution < 1.29 is 4.74 Å². The number of hydrogen-bond donors (Lipinski definition) is 2. The fourth-order valence-corrected chi connectivity index (χ4v) is 2.36. The average molecular weight is 299 g/mol. The maximum Gasteiger partial charge on any atom is 0.133 e. The zero-order valence-electron chi connectivity index (χ0n) is 10.1. The van der Waals surface area contributed by atoms with Crippen LogP contribution in [0, 0.1) is 0 Å². The molecular formula is C13H19BrN2O. The van der Waals surface area contributed by atoms with Gasteiger partial charge in [0.15, 0.2) is 0 Å². The highest BCUT2D eigenvalue weighted by Gasteiger charge is 2.37. The van der Waals surface area contributed by atoms with Crippen LogP contribution in [0.3, 0.4) is 0 Å². The van der Waals surface area contributed by atoms with E-state index in [0.29, 0.717) is 0 Å². The molecule has 0 saturated heterocycles. The lowest BCUT2D eigenvalue weighted by atomic mass is 10.1. The minimum absolute atomic E-state index is 0.0977. The second kappa shape index (κ2) is 5.38. The highest BCUT2D eigenvalue weighted by molar-refractivity contribution is 9.10. The van der Waals surface area contributed by atoms with Crippen molar-refractivity contribution in [3.63, 3.8) is 0 Å². The van der Waals surface area contributed by atoms with E-state index in [-0.39, 0.29) is 5.54 Å². The Hall–Kier alpha value is -0.580. The van der Waals surface area contributed by atoms with Crippen LogP contribution in [-0.4, -0.2) is 25.7 Å². The van der Waals surface area contributed by atoms with E-state index in [1.165, 1.54) is 5.56 Å². The summed E-state index contributed by atoms with van der Waals surface area (Å²) in [5.41, 5.74) is 7.40. The van der Waals surface area contributed by atoms with Gasteiger partial charge in [-0.2, -0.15) is 0 Å². The molecule has 17 heavy (non-hydrogen) atoms. The lowest BCUT2D eigenvalue weighted by Gasteiger charge is -2.10.